The first-order valence-electron chi connectivity index (χ1n) is 9.27. The normalized spacial score (nSPS) is 13.9. The van der Waals surface area contributed by atoms with E-state index in [2.05, 4.69) is 78.5 Å². The van der Waals surface area contributed by atoms with Crippen molar-refractivity contribution in [2.45, 2.75) is 0 Å². The molecule has 8 nitrogen and oxygen atoms in total. The van der Waals surface area contributed by atoms with Crippen LogP contribution in [0.15, 0.2) is 73.8 Å². The maximum Gasteiger partial charge on any atom is 0.138 e. The van der Waals surface area contributed by atoms with Crippen LogP contribution in [0.2, 0.25) is 0 Å². The predicted octanol–water partition coefficient (Wildman–Crippen LogP) is 2.17. The molecule has 1 saturated heterocycles. The fraction of sp³-hybridized carbons (Fsp3) is 0.200. The van der Waals surface area contributed by atoms with Gasteiger partial charge in [-0.2, -0.15) is 10.2 Å². The van der Waals surface area contributed by atoms with Crippen LogP contribution in [0.1, 0.15) is 0 Å². The molecule has 1 aliphatic rings. The van der Waals surface area contributed by atoms with Crippen LogP contribution < -0.4 is 9.80 Å². The molecule has 2 aromatic heterocycles. The Kier molecular flexibility index (Phi) is 5.67. The van der Waals surface area contributed by atoms with Crippen LogP contribution in [-0.2, 0) is 19.5 Å². The Morgan fingerprint density at radius 2 is 0.862 bits per heavy atom. The van der Waals surface area contributed by atoms with Crippen molar-refractivity contribution in [1.29, 1.82) is 0 Å². The van der Waals surface area contributed by atoms with E-state index in [1.807, 2.05) is 0 Å². The zero-order chi connectivity index (χ0) is 18.8. The number of piperazine rings is 1. The van der Waals surface area contributed by atoms with Gasteiger partial charge in [-0.3, -0.25) is 0 Å². The standard InChI is InChI=1S/C20H20N8.Zn/c1-5-19(27-15-21-13-23-27)6-2-17(1)25-9-11-26(12-10-25)18-3-7-20(8-4-18)28-16-22-14-24-28;/h1-8,13-16H,9-12H2;. The summed E-state index contributed by atoms with van der Waals surface area (Å²) in [5.41, 5.74) is 4.52. The molecule has 0 unspecified atom stereocenters. The largest absolute Gasteiger partial charge is 0.368 e. The van der Waals surface area contributed by atoms with Crippen LogP contribution in [-0.4, -0.2) is 55.7 Å². The number of nitrogens with zero attached hydrogens (tertiary/aromatic N) is 8. The molecule has 1 fully saturated rings. The maximum absolute atomic E-state index is 4.17. The summed E-state index contributed by atoms with van der Waals surface area (Å²) < 4.78 is 3.54. The van der Waals surface area contributed by atoms with E-state index >= 15 is 0 Å². The molecule has 142 valence electrons. The van der Waals surface area contributed by atoms with Crippen molar-refractivity contribution >= 4 is 11.4 Å². The van der Waals surface area contributed by atoms with Gasteiger partial charge >= 0.3 is 0 Å². The van der Waals surface area contributed by atoms with Gasteiger partial charge in [-0.1, -0.05) is 0 Å². The SMILES string of the molecule is [Zn].c1ncn(-c2ccc(N3CCN(c4ccc(-n5cncn5)cc4)CC3)cc2)n1. The van der Waals surface area contributed by atoms with Crippen LogP contribution in [0.5, 0.6) is 0 Å². The average molecular weight is 438 g/mol. The first kappa shape index (κ1) is 19.3. The van der Waals surface area contributed by atoms with Crippen LogP contribution in [0.25, 0.3) is 11.4 Å². The van der Waals surface area contributed by atoms with Crippen molar-refractivity contribution in [3.05, 3.63) is 73.8 Å². The summed E-state index contributed by atoms with van der Waals surface area (Å²) in [6.45, 7) is 3.97. The molecule has 0 spiro atoms. The van der Waals surface area contributed by atoms with E-state index in [0.717, 1.165) is 37.6 Å². The Labute approximate surface area is 181 Å². The molecule has 29 heavy (non-hydrogen) atoms. The van der Waals surface area contributed by atoms with Crippen LogP contribution in [0, 0.1) is 0 Å². The van der Waals surface area contributed by atoms with E-state index < -0.39 is 0 Å². The molecule has 0 aliphatic carbocycles. The fourth-order valence-electron chi connectivity index (χ4n) is 3.54. The summed E-state index contributed by atoms with van der Waals surface area (Å²) >= 11 is 0. The average Bonchev–Trinajstić information content (AvgIpc) is 3.49. The van der Waals surface area contributed by atoms with Gasteiger partial charge < -0.3 is 9.80 Å². The molecule has 0 bridgehead atoms. The molecule has 0 atom stereocenters. The Bertz CT molecular complexity index is 920. The van der Waals surface area contributed by atoms with Crippen LogP contribution in [0.4, 0.5) is 11.4 Å². The molecular weight excluding hydrogens is 418 g/mol. The number of aromatic nitrogens is 6. The summed E-state index contributed by atoms with van der Waals surface area (Å²) in [6.07, 6.45) is 6.51. The molecule has 1 aliphatic heterocycles. The van der Waals surface area contributed by atoms with Crippen LogP contribution in [0.3, 0.4) is 0 Å². The van der Waals surface area contributed by atoms with E-state index in [1.54, 1.807) is 34.7 Å². The number of rotatable bonds is 4. The van der Waals surface area contributed by atoms with Crippen molar-refractivity contribution in [1.82, 2.24) is 29.5 Å². The molecule has 4 aromatic rings. The Balaban J connectivity index is 0.00000205. The monoisotopic (exact) mass is 436 g/mol. The van der Waals surface area contributed by atoms with Gasteiger partial charge in [0.15, 0.2) is 0 Å². The summed E-state index contributed by atoms with van der Waals surface area (Å²) in [7, 11) is 0. The zero-order valence-corrected chi connectivity index (χ0v) is 19.0. The molecule has 0 N–H and O–H groups in total. The summed E-state index contributed by atoms with van der Waals surface area (Å²) in [5, 5.41) is 8.34. The number of hydrogen-bond acceptors (Lipinski definition) is 6. The topological polar surface area (TPSA) is 67.9 Å². The zero-order valence-electron chi connectivity index (χ0n) is 16.0. The maximum atomic E-state index is 4.17. The van der Waals surface area contributed by atoms with Crippen molar-refractivity contribution < 1.29 is 19.5 Å². The van der Waals surface area contributed by atoms with Crippen LogP contribution >= 0.6 is 0 Å². The summed E-state index contributed by atoms with van der Waals surface area (Å²) in [6, 6.07) is 16.9. The van der Waals surface area contributed by atoms with Crippen molar-refractivity contribution in [3.8, 4) is 11.4 Å². The third-order valence-electron chi connectivity index (χ3n) is 5.08. The summed E-state index contributed by atoms with van der Waals surface area (Å²) in [5.74, 6) is 0. The smallest absolute Gasteiger partial charge is 0.138 e. The quantitative estimate of drug-likeness (QED) is 0.456. The first-order chi connectivity index (χ1) is 13.9. The predicted molar refractivity (Wildman–Crippen MR) is 107 cm³/mol. The van der Waals surface area contributed by atoms with E-state index in [-0.39, 0.29) is 19.5 Å². The third-order valence-corrected chi connectivity index (χ3v) is 5.08. The number of benzene rings is 2. The van der Waals surface area contributed by atoms with Gasteiger partial charge in [0.1, 0.15) is 25.3 Å². The molecular formula is C20H20N8Zn. The Morgan fingerprint density at radius 3 is 1.17 bits per heavy atom. The minimum atomic E-state index is 0. The van der Waals surface area contributed by atoms with Crippen molar-refractivity contribution in [2.75, 3.05) is 36.0 Å². The van der Waals surface area contributed by atoms with Gasteiger partial charge in [0, 0.05) is 57.0 Å². The second-order valence-corrected chi connectivity index (χ2v) is 6.69. The third kappa shape index (κ3) is 4.05. The Hall–Kier alpha value is -3.06. The fourth-order valence-corrected chi connectivity index (χ4v) is 3.54. The second kappa shape index (κ2) is 8.53. The summed E-state index contributed by atoms with van der Waals surface area (Å²) in [4.78, 5) is 12.8. The molecule has 0 saturated carbocycles. The number of hydrogen-bond donors (Lipinski definition) is 0. The molecule has 0 radical (unpaired) electrons. The van der Waals surface area contributed by atoms with Crippen molar-refractivity contribution in [2.24, 2.45) is 0 Å². The molecule has 3 heterocycles. The van der Waals surface area contributed by atoms with E-state index in [4.69, 9.17) is 0 Å². The molecule has 9 heteroatoms. The Morgan fingerprint density at radius 1 is 0.517 bits per heavy atom. The second-order valence-electron chi connectivity index (χ2n) is 6.69. The molecule has 2 aromatic carbocycles. The van der Waals surface area contributed by atoms with E-state index in [9.17, 15) is 0 Å². The van der Waals surface area contributed by atoms with Gasteiger partial charge in [0.2, 0.25) is 0 Å². The number of anilines is 2. The molecule has 0 amide bonds. The van der Waals surface area contributed by atoms with Gasteiger partial charge in [0.25, 0.3) is 0 Å². The minimum Gasteiger partial charge on any atom is -0.368 e. The minimum absolute atomic E-state index is 0. The van der Waals surface area contributed by atoms with Gasteiger partial charge in [0.05, 0.1) is 11.4 Å². The van der Waals surface area contributed by atoms with Gasteiger partial charge in [-0.05, 0) is 48.5 Å². The molecule has 5 rings (SSSR count). The van der Waals surface area contributed by atoms with Gasteiger partial charge in [-0.15, -0.1) is 0 Å². The first-order valence-corrected chi connectivity index (χ1v) is 9.27. The van der Waals surface area contributed by atoms with E-state index in [0.29, 0.717) is 0 Å². The van der Waals surface area contributed by atoms with Crippen molar-refractivity contribution in [3.63, 3.8) is 0 Å². The van der Waals surface area contributed by atoms with E-state index in [1.165, 1.54) is 11.4 Å². The van der Waals surface area contributed by atoms with Gasteiger partial charge in [-0.25, -0.2) is 19.3 Å².